The van der Waals surface area contributed by atoms with E-state index in [1.807, 2.05) is 11.8 Å². The Balaban J connectivity index is 2.14. The number of esters is 1. The van der Waals surface area contributed by atoms with E-state index in [4.69, 9.17) is 4.74 Å². The highest BCUT2D eigenvalue weighted by Crippen LogP contribution is 2.32. The third kappa shape index (κ3) is 6.32. The van der Waals surface area contributed by atoms with E-state index in [2.05, 4.69) is 6.92 Å². The summed E-state index contributed by atoms with van der Waals surface area (Å²) in [6.07, 6.45) is 4.70. The highest BCUT2D eigenvalue weighted by atomic mass is 32.2. The van der Waals surface area contributed by atoms with Crippen LogP contribution < -0.4 is 0 Å². The van der Waals surface area contributed by atoms with Crippen LogP contribution in [0.25, 0.3) is 0 Å². The molecule has 0 saturated heterocycles. The predicted molar refractivity (Wildman–Crippen MR) is 71.1 cm³/mol. The van der Waals surface area contributed by atoms with Crippen LogP contribution in [0.1, 0.15) is 46.0 Å². The molecule has 0 spiro atoms. The molecule has 0 amide bonds. The van der Waals surface area contributed by atoms with Gasteiger partial charge in [0.25, 0.3) is 0 Å². The van der Waals surface area contributed by atoms with Crippen LogP contribution in [-0.4, -0.2) is 34.8 Å². The van der Waals surface area contributed by atoms with E-state index < -0.39 is 6.10 Å². The van der Waals surface area contributed by atoms with Gasteiger partial charge in [-0.3, -0.25) is 4.79 Å². The second kappa shape index (κ2) is 7.98. The first-order chi connectivity index (χ1) is 8.11. The summed E-state index contributed by atoms with van der Waals surface area (Å²) in [4.78, 5) is 11.2. The number of thioether (sulfide) groups is 1. The highest BCUT2D eigenvalue weighted by molar-refractivity contribution is 7.99. The quantitative estimate of drug-likeness (QED) is 0.746. The Morgan fingerprint density at radius 1 is 1.53 bits per heavy atom. The van der Waals surface area contributed by atoms with Gasteiger partial charge in [0.05, 0.1) is 19.1 Å². The molecule has 1 fully saturated rings. The maximum atomic E-state index is 11.2. The van der Waals surface area contributed by atoms with Crippen LogP contribution in [0.4, 0.5) is 0 Å². The van der Waals surface area contributed by atoms with Gasteiger partial charge in [0.15, 0.2) is 0 Å². The molecule has 1 saturated carbocycles. The van der Waals surface area contributed by atoms with Crippen LogP contribution in [0.15, 0.2) is 0 Å². The third-order valence-electron chi connectivity index (χ3n) is 3.12. The zero-order chi connectivity index (χ0) is 12.7. The first-order valence-electron chi connectivity index (χ1n) is 6.57. The zero-order valence-electron chi connectivity index (χ0n) is 10.9. The molecule has 1 aliphatic rings. The van der Waals surface area contributed by atoms with Crippen molar-refractivity contribution in [2.75, 3.05) is 12.4 Å². The monoisotopic (exact) mass is 260 g/mol. The Labute approximate surface area is 108 Å². The van der Waals surface area contributed by atoms with E-state index in [1.54, 1.807) is 6.92 Å². The second-order valence-electron chi connectivity index (χ2n) is 4.89. The Hall–Kier alpha value is -0.220. The molecule has 3 nitrogen and oxygen atoms in total. The first kappa shape index (κ1) is 14.8. The summed E-state index contributed by atoms with van der Waals surface area (Å²) in [5, 5.41) is 10.4. The fourth-order valence-electron chi connectivity index (χ4n) is 2.25. The van der Waals surface area contributed by atoms with Crippen LogP contribution >= 0.6 is 11.8 Å². The third-order valence-corrected chi connectivity index (χ3v) is 4.60. The summed E-state index contributed by atoms with van der Waals surface area (Å²) in [5.41, 5.74) is 0. The normalized spacial score (nSPS) is 26.5. The van der Waals surface area contributed by atoms with Gasteiger partial charge in [0, 0.05) is 11.0 Å². The fourth-order valence-corrected chi connectivity index (χ4v) is 3.66. The van der Waals surface area contributed by atoms with Crippen molar-refractivity contribution in [3.63, 3.8) is 0 Å². The van der Waals surface area contributed by atoms with E-state index in [0.29, 0.717) is 17.6 Å². The van der Waals surface area contributed by atoms with Crippen molar-refractivity contribution in [1.82, 2.24) is 0 Å². The molecule has 4 heteroatoms. The van der Waals surface area contributed by atoms with Gasteiger partial charge in [0.2, 0.25) is 0 Å². The number of hydrogen-bond acceptors (Lipinski definition) is 4. The number of aliphatic hydroxyl groups is 1. The van der Waals surface area contributed by atoms with Crippen molar-refractivity contribution in [3.8, 4) is 0 Å². The average Bonchev–Trinajstić information content (AvgIpc) is 2.27. The number of hydrogen-bond donors (Lipinski definition) is 1. The van der Waals surface area contributed by atoms with Gasteiger partial charge in [-0.15, -0.1) is 0 Å². The summed E-state index contributed by atoms with van der Waals surface area (Å²) in [7, 11) is 0. The Morgan fingerprint density at radius 3 is 2.94 bits per heavy atom. The van der Waals surface area contributed by atoms with Crippen molar-refractivity contribution in [2.45, 2.75) is 57.3 Å². The molecule has 1 aliphatic carbocycles. The molecule has 0 aromatic rings. The molecule has 1 rings (SSSR count). The van der Waals surface area contributed by atoms with Crippen LogP contribution in [0, 0.1) is 5.92 Å². The summed E-state index contributed by atoms with van der Waals surface area (Å²) >= 11 is 1.81. The van der Waals surface area contributed by atoms with Gasteiger partial charge < -0.3 is 9.84 Å². The van der Waals surface area contributed by atoms with E-state index in [9.17, 15) is 9.90 Å². The lowest BCUT2D eigenvalue weighted by Crippen LogP contribution is -2.21. The summed E-state index contributed by atoms with van der Waals surface area (Å²) < 4.78 is 4.81. The van der Waals surface area contributed by atoms with E-state index in [-0.39, 0.29) is 12.4 Å². The van der Waals surface area contributed by atoms with Gasteiger partial charge in [-0.25, -0.2) is 0 Å². The molecule has 17 heavy (non-hydrogen) atoms. The fraction of sp³-hybridized carbons (Fsp3) is 0.923. The van der Waals surface area contributed by atoms with E-state index in [1.165, 1.54) is 25.7 Å². The van der Waals surface area contributed by atoms with Gasteiger partial charge >= 0.3 is 5.97 Å². The largest absolute Gasteiger partial charge is 0.466 e. The molecule has 0 bridgehead atoms. The second-order valence-corrected chi connectivity index (χ2v) is 6.22. The standard InChI is InChI=1S/C13H24O3S/c1-3-16-13(15)8-11(14)9-17-12-6-4-5-10(2)7-12/h10-12,14H,3-9H2,1-2H3. The van der Waals surface area contributed by atoms with Crippen molar-refractivity contribution >= 4 is 17.7 Å². The average molecular weight is 260 g/mol. The topological polar surface area (TPSA) is 46.5 Å². The van der Waals surface area contributed by atoms with Gasteiger partial charge in [-0.1, -0.05) is 19.8 Å². The minimum Gasteiger partial charge on any atom is -0.466 e. The summed E-state index contributed by atoms with van der Waals surface area (Å²) in [6.45, 7) is 4.46. The van der Waals surface area contributed by atoms with Crippen molar-refractivity contribution in [2.24, 2.45) is 5.92 Å². The maximum absolute atomic E-state index is 11.2. The Bertz CT molecular complexity index is 233. The molecule has 3 unspecified atom stereocenters. The van der Waals surface area contributed by atoms with Crippen LogP contribution in [0.2, 0.25) is 0 Å². The van der Waals surface area contributed by atoms with Crippen molar-refractivity contribution in [1.29, 1.82) is 0 Å². The van der Waals surface area contributed by atoms with Gasteiger partial charge in [0.1, 0.15) is 0 Å². The number of carbonyl (C=O) groups excluding carboxylic acids is 1. The van der Waals surface area contributed by atoms with Crippen molar-refractivity contribution in [3.05, 3.63) is 0 Å². The minimum atomic E-state index is -0.559. The SMILES string of the molecule is CCOC(=O)CC(O)CSC1CCCC(C)C1. The summed E-state index contributed by atoms with van der Waals surface area (Å²) in [5.74, 6) is 1.16. The molecule has 0 heterocycles. The highest BCUT2D eigenvalue weighted by Gasteiger charge is 2.21. The molecular weight excluding hydrogens is 236 g/mol. The smallest absolute Gasteiger partial charge is 0.308 e. The molecule has 1 N–H and O–H groups in total. The van der Waals surface area contributed by atoms with Crippen LogP contribution in [0.3, 0.4) is 0 Å². The molecule has 0 aromatic carbocycles. The lowest BCUT2D eigenvalue weighted by molar-refractivity contribution is -0.144. The Morgan fingerprint density at radius 2 is 2.29 bits per heavy atom. The van der Waals surface area contributed by atoms with E-state index >= 15 is 0 Å². The molecule has 0 radical (unpaired) electrons. The molecule has 100 valence electrons. The van der Waals surface area contributed by atoms with Gasteiger partial charge in [-0.05, 0) is 25.7 Å². The molecule has 0 aromatic heterocycles. The Kier molecular flexibility index (Phi) is 6.97. The number of carbonyl (C=O) groups is 1. The predicted octanol–water partition coefficient (Wildman–Crippen LogP) is 2.61. The van der Waals surface area contributed by atoms with Gasteiger partial charge in [-0.2, -0.15) is 11.8 Å². The minimum absolute atomic E-state index is 0.128. The molecule has 3 atom stereocenters. The first-order valence-corrected chi connectivity index (χ1v) is 7.62. The number of rotatable bonds is 6. The van der Waals surface area contributed by atoms with E-state index in [0.717, 1.165) is 5.92 Å². The maximum Gasteiger partial charge on any atom is 0.308 e. The van der Waals surface area contributed by atoms with Crippen LogP contribution in [0.5, 0.6) is 0 Å². The molecular formula is C13H24O3S. The van der Waals surface area contributed by atoms with Crippen LogP contribution in [-0.2, 0) is 9.53 Å². The lowest BCUT2D eigenvalue weighted by Gasteiger charge is -2.26. The summed E-state index contributed by atoms with van der Waals surface area (Å²) in [6, 6.07) is 0. The molecule has 0 aliphatic heterocycles. The van der Waals surface area contributed by atoms with Crippen molar-refractivity contribution < 1.29 is 14.6 Å². The number of aliphatic hydroxyl groups excluding tert-OH is 1. The lowest BCUT2D eigenvalue weighted by atomic mass is 9.91. The zero-order valence-corrected chi connectivity index (χ0v) is 11.7. The number of ether oxygens (including phenoxy) is 1.